The van der Waals surface area contributed by atoms with Crippen molar-refractivity contribution in [3.63, 3.8) is 0 Å². The smallest absolute Gasteiger partial charge is 0.291 e. The van der Waals surface area contributed by atoms with E-state index in [1.807, 2.05) is 0 Å². The highest BCUT2D eigenvalue weighted by Gasteiger charge is 2.36. The van der Waals surface area contributed by atoms with Gasteiger partial charge in [0.05, 0.1) is 19.7 Å². The lowest BCUT2D eigenvalue weighted by atomic mass is 10.0. The first kappa shape index (κ1) is 24.3. The number of hydrogen-bond acceptors (Lipinski definition) is 1. The molecule has 0 radical (unpaired) electrons. The monoisotopic (exact) mass is 378 g/mol. The van der Waals surface area contributed by atoms with Crippen LogP contribution in [0.25, 0.3) is 0 Å². The average Bonchev–Trinajstić information content (AvgIpc) is 2.69. The Kier molecular flexibility index (Phi) is 13.7. The molecule has 1 aliphatic rings. The molecule has 1 rings (SSSR count). The molecule has 0 aromatic rings. The summed E-state index contributed by atoms with van der Waals surface area (Å²) >= 11 is 0. The lowest BCUT2D eigenvalue weighted by molar-refractivity contribution is -0.903. The summed E-state index contributed by atoms with van der Waals surface area (Å²) in [4.78, 5) is 0. The van der Waals surface area contributed by atoms with E-state index in [2.05, 4.69) is 39.8 Å². The zero-order valence-electron chi connectivity index (χ0n) is 19.0. The minimum Gasteiger partial charge on any atom is -0.452 e. The van der Waals surface area contributed by atoms with Crippen LogP contribution in [-0.4, -0.2) is 30.7 Å². The average molecular weight is 379 g/mol. The van der Waals surface area contributed by atoms with E-state index in [1.54, 1.807) is 5.57 Å². The fourth-order valence-corrected chi connectivity index (χ4v) is 4.08. The van der Waals surface area contributed by atoms with Gasteiger partial charge in [-0.15, -0.1) is 0 Å². The second-order valence-corrected chi connectivity index (χ2v) is 8.51. The Morgan fingerprint density at radius 3 is 1.93 bits per heavy atom. The van der Waals surface area contributed by atoms with Crippen LogP contribution in [0.3, 0.4) is 0 Å². The van der Waals surface area contributed by atoms with Crippen molar-refractivity contribution >= 4 is 0 Å². The van der Waals surface area contributed by atoms with Gasteiger partial charge in [-0.3, -0.25) is 4.48 Å². The van der Waals surface area contributed by atoms with Crippen molar-refractivity contribution in [2.24, 2.45) is 0 Å². The number of quaternary nitrogens is 1. The number of rotatable bonds is 17. The molecule has 0 aromatic carbocycles. The largest absolute Gasteiger partial charge is 0.452 e. The topological polar surface area (TPSA) is 9.23 Å². The molecule has 0 aromatic heterocycles. The Morgan fingerprint density at radius 1 is 0.704 bits per heavy atom. The van der Waals surface area contributed by atoms with Crippen LogP contribution >= 0.6 is 0 Å². The fourth-order valence-electron chi connectivity index (χ4n) is 4.08. The van der Waals surface area contributed by atoms with Gasteiger partial charge in [-0.25, -0.2) is 0 Å². The summed E-state index contributed by atoms with van der Waals surface area (Å²) in [6.45, 7) is 13.7. The molecule has 0 atom stereocenters. The number of ether oxygens (including phenoxy) is 1. The van der Waals surface area contributed by atoms with Crippen LogP contribution in [0, 0.1) is 0 Å². The van der Waals surface area contributed by atoms with Gasteiger partial charge < -0.3 is 4.74 Å². The van der Waals surface area contributed by atoms with E-state index < -0.39 is 0 Å². The molecule has 0 saturated heterocycles. The van der Waals surface area contributed by atoms with E-state index in [4.69, 9.17) is 4.74 Å². The molecule has 27 heavy (non-hydrogen) atoms. The molecule has 0 bridgehead atoms. The van der Waals surface area contributed by atoms with E-state index >= 15 is 0 Å². The van der Waals surface area contributed by atoms with Gasteiger partial charge in [0.1, 0.15) is 6.54 Å². The van der Waals surface area contributed by atoms with Crippen LogP contribution in [0.15, 0.2) is 23.6 Å². The van der Waals surface area contributed by atoms with Crippen molar-refractivity contribution in [1.29, 1.82) is 0 Å². The van der Waals surface area contributed by atoms with Crippen LogP contribution in [-0.2, 0) is 4.74 Å². The lowest BCUT2D eigenvalue weighted by Crippen LogP contribution is -2.51. The number of hydrogen-bond donors (Lipinski definition) is 0. The molecule has 158 valence electrons. The molecule has 0 unspecified atom stereocenters. The first-order chi connectivity index (χ1) is 13.2. The van der Waals surface area contributed by atoms with Crippen LogP contribution in [0.5, 0.6) is 0 Å². The van der Waals surface area contributed by atoms with Gasteiger partial charge in [0, 0.05) is 6.08 Å². The number of unbranched alkanes of at least 4 members (excludes halogenated alkanes) is 8. The first-order valence-electron chi connectivity index (χ1n) is 12.1. The Hall–Kier alpha value is -0.760. The minimum absolute atomic E-state index is 0.876. The normalized spacial score (nSPS) is 16.1. The van der Waals surface area contributed by atoms with E-state index in [1.165, 1.54) is 103 Å². The standard InChI is InChI=1S/C25H48NO/c1-5-9-13-14-15-16-17-24-18-19-25(27-22-12-8-4)26(23-24,20-10-6-2)21-11-7-3/h18-19H,5-17,20-23H2,1-4H3/q+1. The molecule has 0 spiro atoms. The Labute approximate surface area is 170 Å². The molecule has 0 aliphatic carbocycles. The Morgan fingerprint density at radius 2 is 1.30 bits per heavy atom. The summed E-state index contributed by atoms with van der Waals surface area (Å²) in [6, 6.07) is 0. The predicted octanol–water partition coefficient (Wildman–Crippen LogP) is 7.75. The van der Waals surface area contributed by atoms with Crippen molar-refractivity contribution in [2.45, 2.75) is 111 Å². The van der Waals surface area contributed by atoms with Crippen LogP contribution in [0.1, 0.15) is 111 Å². The predicted molar refractivity (Wildman–Crippen MR) is 120 cm³/mol. The molecule has 0 N–H and O–H groups in total. The van der Waals surface area contributed by atoms with Crippen molar-refractivity contribution in [2.75, 3.05) is 26.2 Å². The Bertz CT molecular complexity index is 416. The maximum absolute atomic E-state index is 6.34. The zero-order valence-corrected chi connectivity index (χ0v) is 19.0. The van der Waals surface area contributed by atoms with Crippen LogP contribution in [0.2, 0.25) is 0 Å². The summed E-state index contributed by atoms with van der Waals surface area (Å²) in [5.41, 5.74) is 1.65. The second kappa shape index (κ2) is 15.2. The number of allylic oxidation sites excluding steroid dienone is 2. The first-order valence-corrected chi connectivity index (χ1v) is 12.1. The van der Waals surface area contributed by atoms with Gasteiger partial charge in [-0.05, 0) is 43.8 Å². The molecular weight excluding hydrogens is 330 g/mol. The van der Waals surface area contributed by atoms with Crippen molar-refractivity contribution in [3.05, 3.63) is 23.6 Å². The maximum Gasteiger partial charge on any atom is 0.291 e. The third-order valence-corrected chi connectivity index (χ3v) is 5.91. The fraction of sp³-hybridized carbons (Fsp3) is 0.840. The highest BCUT2D eigenvalue weighted by Crippen LogP contribution is 2.30. The van der Waals surface area contributed by atoms with Gasteiger partial charge in [0.25, 0.3) is 5.88 Å². The number of nitrogens with zero attached hydrogens (tertiary/aromatic N) is 1. The zero-order chi connectivity index (χ0) is 19.8. The second-order valence-electron chi connectivity index (χ2n) is 8.51. The summed E-state index contributed by atoms with van der Waals surface area (Å²) in [5.74, 6) is 1.25. The molecule has 0 fully saturated rings. The molecule has 2 heteroatoms. The SMILES string of the molecule is CCCCCCCCC1=CC=C(OCCCC)[N+](CCCC)(CCCC)C1. The highest BCUT2D eigenvalue weighted by molar-refractivity contribution is 5.18. The van der Waals surface area contributed by atoms with E-state index in [0.717, 1.165) is 17.5 Å². The lowest BCUT2D eigenvalue weighted by Gasteiger charge is -2.41. The van der Waals surface area contributed by atoms with Gasteiger partial charge in [0.2, 0.25) is 0 Å². The summed E-state index contributed by atoms with van der Waals surface area (Å²) in [5, 5.41) is 0. The van der Waals surface area contributed by atoms with Crippen LogP contribution < -0.4 is 0 Å². The Balaban J connectivity index is 2.73. The van der Waals surface area contributed by atoms with Gasteiger partial charge in [-0.2, -0.15) is 0 Å². The van der Waals surface area contributed by atoms with E-state index in [0.29, 0.717) is 0 Å². The molecule has 1 heterocycles. The molecule has 1 aliphatic heterocycles. The van der Waals surface area contributed by atoms with Crippen molar-refractivity contribution < 1.29 is 9.22 Å². The van der Waals surface area contributed by atoms with Crippen molar-refractivity contribution in [1.82, 2.24) is 0 Å². The molecule has 0 saturated carbocycles. The van der Waals surface area contributed by atoms with Gasteiger partial charge in [0.15, 0.2) is 0 Å². The maximum atomic E-state index is 6.34. The molecule has 2 nitrogen and oxygen atoms in total. The van der Waals surface area contributed by atoms with Gasteiger partial charge >= 0.3 is 0 Å². The van der Waals surface area contributed by atoms with Crippen molar-refractivity contribution in [3.8, 4) is 0 Å². The van der Waals surface area contributed by atoms with Gasteiger partial charge in [-0.1, -0.05) is 79.1 Å². The minimum atomic E-state index is 0.876. The molecular formula is C25H48NO+. The van der Waals surface area contributed by atoms with E-state index in [9.17, 15) is 0 Å². The highest BCUT2D eigenvalue weighted by atomic mass is 16.5. The molecule has 0 amide bonds. The quantitative estimate of drug-likeness (QED) is 0.186. The third-order valence-electron chi connectivity index (χ3n) is 5.91. The summed E-state index contributed by atoms with van der Waals surface area (Å²) < 4.78 is 7.42. The third kappa shape index (κ3) is 9.32. The summed E-state index contributed by atoms with van der Waals surface area (Å²) in [6.07, 6.45) is 21.8. The van der Waals surface area contributed by atoms with E-state index in [-0.39, 0.29) is 0 Å². The summed E-state index contributed by atoms with van der Waals surface area (Å²) in [7, 11) is 0. The van der Waals surface area contributed by atoms with Crippen LogP contribution in [0.4, 0.5) is 0 Å².